The van der Waals surface area contributed by atoms with Crippen molar-refractivity contribution in [2.24, 2.45) is 5.73 Å². The number of aryl methyl sites for hydroxylation is 1. The number of carbonyl (C=O) groups is 5. The standard InChI is InChI=1S/C42H63N9O9S/c1-3-4-5-13-46-39-38-34(47-42(44)48-39)11-15-51(38)27-31-9-8-30(24-29(31)2)26-49-16-18-50(19-17-49)37(54)12-21-60-23-22-59-20-6-7-32(52)10-14-45-36(53)25-35(41(57)58)61-28-33(43)40(55)56/h8-9,11,15,24,33,35H,3-7,10,12-14,16-23,25-28,43H2,1-2H3,(H,45,53)(H,55,56)(H,57,58)(H3,44,46,47,48)/t33-,35-/m0/s1. The molecule has 0 bridgehead atoms. The Bertz CT molecular complexity index is 1900. The highest BCUT2D eigenvalue weighted by molar-refractivity contribution is 8.00. The summed E-state index contributed by atoms with van der Waals surface area (Å²) < 4.78 is 13.3. The SMILES string of the molecule is CCCCCNc1nc(N)nc2ccn(Cc3ccc(CN4CCN(C(=O)CCOCCOCCCC(=O)CCNC(=O)C[C@H](SC[C@H](N)C(=O)O)C(=O)O)CC4)cc3C)c12. The number of aromatic nitrogens is 3. The summed E-state index contributed by atoms with van der Waals surface area (Å²) in [6.45, 7) is 11.0. The number of aliphatic carboxylic acids is 2. The van der Waals surface area contributed by atoms with Crippen molar-refractivity contribution in [2.45, 2.75) is 89.6 Å². The van der Waals surface area contributed by atoms with Gasteiger partial charge < -0.3 is 51.3 Å². The van der Waals surface area contributed by atoms with Gasteiger partial charge in [0.15, 0.2) is 5.82 Å². The van der Waals surface area contributed by atoms with E-state index in [4.69, 9.17) is 26.0 Å². The van der Waals surface area contributed by atoms with Crippen LogP contribution in [0.4, 0.5) is 11.8 Å². The lowest BCUT2D eigenvalue weighted by Gasteiger charge is -2.35. The molecule has 8 N–H and O–H groups in total. The minimum atomic E-state index is -1.25. The summed E-state index contributed by atoms with van der Waals surface area (Å²) in [6.07, 6.45) is 6.21. The van der Waals surface area contributed by atoms with Crippen LogP contribution in [-0.4, -0.2) is 147 Å². The number of nitrogens with zero attached hydrogens (tertiary/aromatic N) is 5. The minimum absolute atomic E-state index is 0.0680. The lowest BCUT2D eigenvalue weighted by Crippen LogP contribution is -2.48. The normalized spacial score (nSPS) is 14.2. The van der Waals surface area contributed by atoms with Crippen molar-refractivity contribution in [1.29, 1.82) is 0 Å². The molecule has 18 nitrogen and oxygen atoms in total. The number of ether oxygens (including phenoxy) is 2. The number of anilines is 2. The quantitative estimate of drug-likeness (QED) is 0.0549. The van der Waals surface area contributed by atoms with Crippen LogP contribution in [0.1, 0.15) is 75.0 Å². The lowest BCUT2D eigenvalue weighted by atomic mass is 10.0. The van der Waals surface area contributed by atoms with E-state index in [-0.39, 0.29) is 49.2 Å². The molecule has 0 radical (unpaired) electrons. The number of Topliss-reactive ketones (excluding diaryl/α,β-unsaturated/α-hetero) is 1. The number of fused-ring (bicyclic) bond motifs is 1. The fourth-order valence-electron chi connectivity index (χ4n) is 6.82. The number of hydrogen-bond acceptors (Lipinski definition) is 14. The molecule has 2 aromatic heterocycles. The average Bonchev–Trinajstić information content (AvgIpc) is 3.63. The van der Waals surface area contributed by atoms with E-state index in [9.17, 15) is 29.1 Å². The topological polar surface area (TPSA) is 258 Å². The van der Waals surface area contributed by atoms with Gasteiger partial charge in [-0.05, 0) is 42.5 Å². The number of carboxylic acids is 2. The van der Waals surface area contributed by atoms with Gasteiger partial charge in [0.1, 0.15) is 22.6 Å². The van der Waals surface area contributed by atoms with Crippen LogP contribution in [0, 0.1) is 6.92 Å². The van der Waals surface area contributed by atoms with E-state index in [0.717, 1.165) is 74.1 Å². The molecule has 0 unspecified atom stereocenters. The van der Waals surface area contributed by atoms with Crippen LogP contribution < -0.4 is 22.1 Å². The Hall–Kier alpha value is -4.82. The number of unbranched alkanes of at least 4 members (excludes halogenated alkanes) is 2. The van der Waals surface area contributed by atoms with Crippen LogP contribution >= 0.6 is 11.8 Å². The number of carboxylic acid groups (broad SMARTS) is 2. The molecule has 3 aromatic rings. The molecule has 0 saturated carbocycles. The van der Waals surface area contributed by atoms with Crippen LogP contribution in [-0.2, 0) is 46.5 Å². The zero-order valence-corrected chi connectivity index (χ0v) is 36.3. The van der Waals surface area contributed by atoms with E-state index >= 15 is 0 Å². The molecule has 1 saturated heterocycles. The molecule has 0 spiro atoms. The second kappa shape index (κ2) is 25.8. The summed E-state index contributed by atoms with van der Waals surface area (Å²) in [4.78, 5) is 72.6. The molecule has 336 valence electrons. The first-order valence-corrected chi connectivity index (χ1v) is 22.1. The summed E-state index contributed by atoms with van der Waals surface area (Å²) in [6, 6.07) is 7.39. The molecule has 1 aliphatic rings. The van der Waals surface area contributed by atoms with Gasteiger partial charge in [-0.2, -0.15) is 4.98 Å². The highest BCUT2D eigenvalue weighted by atomic mass is 32.2. The van der Waals surface area contributed by atoms with Crippen LogP contribution in [0.3, 0.4) is 0 Å². The molecule has 4 rings (SSSR count). The monoisotopic (exact) mass is 869 g/mol. The third kappa shape index (κ3) is 16.9. The molecule has 2 amide bonds. The maximum absolute atomic E-state index is 12.8. The number of piperazine rings is 1. The zero-order valence-electron chi connectivity index (χ0n) is 35.4. The second-order valence-corrected chi connectivity index (χ2v) is 16.4. The van der Waals surface area contributed by atoms with Gasteiger partial charge in [0.2, 0.25) is 17.8 Å². The highest BCUT2D eigenvalue weighted by Crippen LogP contribution is 2.25. The van der Waals surface area contributed by atoms with E-state index in [0.29, 0.717) is 58.9 Å². The maximum atomic E-state index is 12.8. The van der Waals surface area contributed by atoms with Gasteiger partial charge in [0.05, 0.1) is 31.8 Å². The van der Waals surface area contributed by atoms with Crippen molar-refractivity contribution in [3.63, 3.8) is 0 Å². The van der Waals surface area contributed by atoms with E-state index in [1.165, 1.54) is 16.7 Å². The largest absolute Gasteiger partial charge is 0.480 e. The summed E-state index contributed by atoms with van der Waals surface area (Å²) in [7, 11) is 0. The Balaban J connectivity index is 1.04. The van der Waals surface area contributed by atoms with Crippen molar-refractivity contribution in [1.82, 2.24) is 29.7 Å². The Morgan fingerprint density at radius 2 is 1.64 bits per heavy atom. The number of benzene rings is 1. The number of nitrogen functional groups attached to an aromatic ring is 1. The lowest BCUT2D eigenvalue weighted by molar-refractivity contribution is -0.139. The molecular weight excluding hydrogens is 807 g/mol. The first-order chi connectivity index (χ1) is 29.3. The molecule has 1 aliphatic heterocycles. The van der Waals surface area contributed by atoms with Gasteiger partial charge in [0.25, 0.3) is 0 Å². The van der Waals surface area contributed by atoms with E-state index in [2.05, 4.69) is 62.1 Å². The van der Waals surface area contributed by atoms with Crippen LogP contribution in [0.25, 0.3) is 11.0 Å². The van der Waals surface area contributed by atoms with Crippen LogP contribution in [0.2, 0.25) is 0 Å². The molecular formula is C42H63N9O9S. The maximum Gasteiger partial charge on any atom is 0.321 e. The number of hydrogen-bond donors (Lipinski definition) is 6. The van der Waals surface area contributed by atoms with Crippen molar-refractivity contribution >= 4 is 64.1 Å². The first kappa shape index (κ1) is 48.8. The molecule has 0 aliphatic carbocycles. The Morgan fingerprint density at radius 1 is 0.885 bits per heavy atom. The zero-order chi connectivity index (χ0) is 44.1. The second-order valence-electron chi connectivity index (χ2n) is 15.2. The van der Waals surface area contributed by atoms with Crippen molar-refractivity contribution in [3.05, 3.63) is 47.2 Å². The molecule has 1 aromatic carbocycles. The predicted octanol–water partition coefficient (Wildman–Crippen LogP) is 2.88. The Labute approximate surface area is 361 Å². The van der Waals surface area contributed by atoms with E-state index < -0.39 is 29.1 Å². The Kier molecular flexibility index (Phi) is 20.7. The van der Waals surface area contributed by atoms with Gasteiger partial charge in [-0.3, -0.25) is 28.9 Å². The van der Waals surface area contributed by atoms with Crippen LogP contribution in [0.5, 0.6) is 0 Å². The molecule has 2 atom stereocenters. The number of nitrogens with one attached hydrogen (secondary N) is 2. The molecule has 61 heavy (non-hydrogen) atoms. The number of carbonyl (C=O) groups excluding carboxylic acids is 3. The van der Waals surface area contributed by atoms with Crippen molar-refractivity contribution in [2.75, 3.05) is 82.5 Å². The number of nitrogens with two attached hydrogens (primary N) is 2. The summed E-state index contributed by atoms with van der Waals surface area (Å²) in [5.74, 6) is -2.16. The summed E-state index contributed by atoms with van der Waals surface area (Å²) >= 11 is 0.786. The number of rotatable bonds is 29. The van der Waals surface area contributed by atoms with Gasteiger partial charge >= 0.3 is 11.9 Å². The third-order valence-corrected chi connectivity index (χ3v) is 11.6. The fraction of sp³-hybridized carbons (Fsp3) is 0.595. The van der Waals surface area contributed by atoms with Crippen molar-refractivity contribution in [3.8, 4) is 0 Å². The first-order valence-electron chi connectivity index (χ1n) is 21.1. The minimum Gasteiger partial charge on any atom is -0.480 e. The highest BCUT2D eigenvalue weighted by Gasteiger charge is 2.25. The average molecular weight is 870 g/mol. The number of thioether (sulfide) groups is 1. The number of amides is 2. The van der Waals surface area contributed by atoms with E-state index in [1.54, 1.807) is 0 Å². The molecule has 1 fully saturated rings. The predicted molar refractivity (Wildman–Crippen MR) is 234 cm³/mol. The smallest absolute Gasteiger partial charge is 0.321 e. The van der Waals surface area contributed by atoms with Gasteiger partial charge in [-0.25, -0.2) is 4.98 Å². The summed E-state index contributed by atoms with van der Waals surface area (Å²) in [5, 5.41) is 23.0. The fourth-order valence-corrected chi connectivity index (χ4v) is 7.81. The number of ketones is 1. The van der Waals surface area contributed by atoms with E-state index in [1.807, 2.05) is 17.2 Å². The van der Waals surface area contributed by atoms with Gasteiger partial charge in [-0.15, -0.1) is 11.8 Å². The van der Waals surface area contributed by atoms with Crippen LogP contribution in [0.15, 0.2) is 30.5 Å². The molecule has 19 heteroatoms. The van der Waals surface area contributed by atoms with Gasteiger partial charge in [-0.1, -0.05) is 38.0 Å². The van der Waals surface area contributed by atoms with Gasteiger partial charge in [0, 0.05) is 90.2 Å². The molecule has 3 heterocycles. The third-order valence-electron chi connectivity index (χ3n) is 10.3. The summed E-state index contributed by atoms with van der Waals surface area (Å²) in [5.41, 5.74) is 16.9. The van der Waals surface area contributed by atoms with Crippen molar-refractivity contribution < 1.29 is 43.7 Å². The Morgan fingerprint density at radius 3 is 2.34 bits per heavy atom.